The monoisotopic (exact) mass is 375 g/mol. The van der Waals surface area contributed by atoms with Crippen LogP contribution in [0, 0.1) is 6.92 Å². The minimum absolute atomic E-state index is 0.300. The predicted molar refractivity (Wildman–Crippen MR) is 106 cm³/mol. The van der Waals surface area contributed by atoms with E-state index in [1.807, 2.05) is 43.3 Å². The lowest BCUT2D eigenvalue weighted by Crippen LogP contribution is -2.05. The lowest BCUT2D eigenvalue weighted by molar-refractivity contribution is 0.0697. The number of aromatic carboxylic acids is 1. The van der Waals surface area contributed by atoms with Gasteiger partial charge in [0.2, 0.25) is 11.4 Å². The average Bonchev–Trinajstić information content (AvgIpc) is 3.19. The summed E-state index contributed by atoms with van der Waals surface area (Å²) in [6.45, 7) is 4.57. The summed E-state index contributed by atoms with van der Waals surface area (Å²) in [5.41, 5.74) is 4.32. The van der Waals surface area contributed by atoms with E-state index < -0.39 is 5.97 Å². The molecule has 0 saturated heterocycles. The molecule has 4 aromatic rings. The molecule has 2 aromatic heterocycles. The van der Waals surface area contributed by atoms with Gasteiger partial charge in [-0.05, 0) is 29.2 Å². The molecule has 0 radical (unpaired) electrons. The largest absolute Gasteiger partial charge is 0.478 e. The maximum absolute atomic E-state index is 11.5. The Morgan fingerprint density at radius 2 is 1.86 bits per heavy atom. The van der Waals surface area contributed by atoms with Gasteiger partial charge >= 0.3 is 5.97 Å². The number of fused-ring (bicyclic) bond motifs is 1. The molecule has 28 heavy (non-hydrogen) atoms. The maximum atomic E-state index is 11.5. The number of nitrogens with zero attached hydrogens (tertiary/aromatic N) is 3. The van der Waals surface area contributed by atoms with Crippen molar-refractivity contribution in [3.8, 4) is 11.1 Å². The number of aromatic nitrogens is 3. The third-order valence-corrected chi connectivity index (χ3v) is 4.73. The first kappa shape index (κ1) is 18.0. The molecule has 142 valence electrons. The molecule has 2 aromatic carbocycles. The molecule has 0 fully saturated rings. The smallest absolute Gasteiger partial charge is 0.336 e. The molecule has 4 rings (SSSR count). The summed E-state index contributed by atoms with van der Waals surface area (Å²) in [6, 6.07) is 15.0. The zero-order valence-electron chi connectivity index (χ0n) is 15.8. The quantitative estimate of drug-likeness (QED) is 0.528. The second-order valence-electron chi connectivity index (χ2n) is 6.77. The van der Waals surface area contributed by atoms with Gasteiger partial charge < -0.3 is 9.52 Å². The second-order valence-corrected chi connectivity index (χ2v) is 6.77. The van der Waals surface area contributed by atoms with E-state index in [1.54, 1.807) is 12.1 Å². The van der Waals surface area contributed by atoms with Crippen LogP contribution in [0.3, 0.4) is 0 Å². The van der Waals surface area contributed by atoms with E-state index in [1.165, 1.54) is 0 Å². The standard InChI is InChI=1S/C22H21N3O3/c1-3-6-19-24-20-21(28-14(2)23-20)25(19)13-15-9-11-16(12-10-15)17-7-4-5-8-18(17)22(26)27/h4-5,7-12H,3,6,13H2,1-2H3,(H,26,27). The summed E-state index contributed by atoms with van der Waals surface area (Å²) in [5, 5.41) is 9.41. The molecule has 2 heterocycles. The van der Waals surface area contributed by atoms with Crippen LogP contribution in [0.25, 0.3) is 22.5 Å². The number of benzene rings is 2. The number of carbonyl (C=O) groups is 1. The minimum atomic E-state index is -0.926. The molecule has 0 unspecified atom stereocenters. The van der Waals surface area contributed by atoms with Crippen molar-refractivity contribution in [2.45, 2.75) is 33.2 Å². The van der Waals surface area contributed by atoms with Gasteiger partial charge in [0.05, 0.1) is 12.1 Å². The van der Waals surface area contributed by atoms with Crippen molar-refractivity contribution in [2.75, 3.05) is 0 Å². The number of imidazole rings is 1. The Bertz CT molecular complexity index is 1140. The number of aryl methyl sites for hydroxylation is 2. The Hall–Kier alpha value is -3.41. The van der Waals surface area contributed by atoms with Crippen LogP contribution >= 0.6 is 0 Å². The summed E-state index contributed by atoms with van der Waals surface area (Å²) >= 11 is 0. The first-order valence-corrected chi connectivity index (χ1v) is 9.31. The summed E-state index contributed by atoms with van der Waals surface area (Å²) in [4.78, 5) is 20.4. The van der Waals surface area contributed by atoms with Crippen LogP contribution in [0.4, 0.5) is 0 Å². The highest BCUT2D eigenvalue weighted by atomic mass is 16.4. The third-order valence-electron chi connectivity index (χ3n) is 4.73. The van der Waals surface area contributed by atoms with E-state index in [9.17, 15) is 9.90 Å². The number of oxazole rings is 1. The molecular formula is C22H21N3O3. The van der Waals surface area contributed by atoms with Gasteiger partial charge in [-0.3, -0.25) is 4.57 Å². The summed E-state index contributed by atoms with van der Waals surface area (Å²) in [7, 11) is 0. The van der Waals surface area contributed by atoms with Gasteiger partial charge in [-0.15, -0.1) is 0 Å². The van der Waals surface area contributed by atoms with Crippen molar-refractivity contribution >= 4 is 17.3 Å². The Kier molecular flexibility index (Phi) is 4.69. The summed E-state index contributed by atoms with van der Waals surface area (Å²) < 4.78 is 7.83. The minimum Gasteiger partial charge on any atom is -0.478 e. The number of carboxylic acids is 1. The fourth-order valence-electron chi connectivity index (χ4n) is 3.42. The van der Waals surface area contributed by atoms with E-state index in [-0.39, 0.29) is 0 Å². The lowest BCUT2D eigenvalue weighted by atomic mass is 9.99. The molecule has 0 aliphatic carbocycles. The number of hydrogen-bond acceptors (Lipinski definition) is 4. The molecule has 0 atom stereocenters. The van der Waals surface area contributed by atoms with Crippen LogP contribution in [0.15, 0.2) is 52.9 Å². The molecule has 6 nitrogen and oxygen atoms in total. The molecule has 0 saturated carbocycles. The topological polar surface area (TPSA) is 81.2 Å². The fourth-order valence-corrected chi connectivity index (χ4v) is 3.42. The molecule has 0 amide bonds. The first-order chi connectivity index (χ1) is 13.6. The van der Waals surface area contributed by atoms with Crippen LogP contribution in [0.1, 0.15) is 41.0 Å². The zero-order chi connectivity index (χ0) is 19.7. The van der Waals surface area contributed by atoms with Crippen LogP contribution in [0.2, 0.25) is 0 Å². The number of carboxylic acid groups (broad SMARTS) is 1. The van der Waals surface area contributed by atoms with Crippen molar-refractivity contribution < 1.29 is 14.3 Å². The number of rotatable bonds is 6. The number of hydrogen-bond donors (Lipinski definition) is 1. The van der Waals surface area contributed by atoms with E-state index in [2.05, 4.69) is 21.5 Å². The van der Waals surface area contributed by atoms with Crippen molar-refractivity contribution in [3.05, 3.63) is 71.4 Å². The van der Waals surface area contributed by atoms with E-state index >= 15 is 0 Å². The Labute approximate surface area is 162 Å². The van der Waals surface area contributed by atoms with Gasteiger partial charge in [0, 0.05) is 13.3 Å². The average molecular weight is 375 g/mol. The zero-order valence-corrected chi connectivity index (χ0v) is 15.8. The van der Waals surface area contributed by atoms with E-state index in [0.717, 1.165) is 29.8 Å². The molecule has 0 aliphatic rings. The van der Waals surface area contributed by atoms with Crippen LogP contribution in [-0.2, 0) is 13.0 Å². The maximum Gasteiger partial charge on any atom is 0.336 e. The highest BCUT2D eigenvalue weighted by Gasteiger charge is 2.16. The lowest BCUT2D eigenvalue weighted by Gasteiger charge is -2.10. The normalized spacial score (nSPS) is 11.2. The van der Waals surface area contributed by atoms with Gasteiger partial charge in [-0.1, -0.05) is 49.4 Å². The SMILES string of the molecule is CCCc1nc2nc(C)oc2n1Cc1ccc(-c2ccccc2C(=O)O)cc1. The molecule has 0 bridgehead atoms. The molecule has 0 aliphatic heterocycles. The highest BCUT2D eigenvalue weighted by molar-refractivity contribution is 5.95. The summed E-state index contributed by atoms with van der Waals surface area (Å²) in [6.07, 6.45) is 1.85. The summed E-state index contributed by atoms with van der Waals surface area (Å²) in [5.74, 6) is 0.643. The van der Waals surface area contributed by atoms with Crippen LogP contribution in [-0.4, -0.2) is 25.6 Å². The predicted octanol–water partition coefficient (Wildman–Crippen LogP) is 4.70. The van der Waals surface area contributed by atoms with Gasteiger partial charge in [-0.25, -0.2) is 9.78 Å². The first-order valence-electron chi connectivity index (χ1n) is 9.31. The Morgan fingerprint density at radius 1 is 1.11 bits per heavy atom. The Morgan fingerprint density at radius 3 is 2.57 bits per heavy atom. The van der Waals surface area contributed by atoms with Gasteiger partial charge in [-0.2, -0.15) is 4.98 Å². The van der Waals surface area contributed by atoms with Gasteiger partial charge in [0.1, 0.15) is 5.82 Å². The molecule has 6 heteroatoms. The van der Waals surface area contributed by atoms with Crippen LogP contribution < -0.4 is 0 Å². The van der Waals surface area contributed by atoms with Crippen molar-refractivity contribution in [1.82, 2.24) is 14.5 Å². The third kappa shape index (κ3) is 3.29. The molecule has 1 N–H and O–H groups in total. The molecular weight excluding hydrogens is 354 g/mol. The van der Waals surface area contributed by atoms with Crippen molar-refractivity contribution in [2.24, 2.45) is 0 Å². The Balaban J connectivity index is 1.67. The highest BCUT2D eigenvalue weighted by Crippen LogP contribution is 2.25. The van der Waals surface area contributed by atoms with Gasteiger partial charge in [0.15, 0.2) is 5.89 Å². The van der Waals surface area contributed by atoms with E-state index in [0.29, 0.717) is 34.9 Å². The molecule has 0 spiro atoms. The van der Waals surface area contributed by atoms with Gasteiger partial charge in [0.25, 0.3) is 0 Å². The fraction of sp³-hybridized carbons (Fsp3) is 0.227. The van der Waals surface area contributed by atoms with Crippen molar-refractivity contribution in [3.63, 3.8) is 0 Å². The van der Waals surface area contributed by atoms with Crippen LogP contribution in [0.5, 0.6) is 0 Å². The van der Waals surface area contributed by atoms with Crippen molar-refractivity contribution in [1.29, 1.82) is 0 Å². The second kappa shape index (κ2) is 7.31. The van der Waals surface area contributed by atoms with E-state index in [4.69, 9.17) is 4.42 Å².